The van der Waals surface area contributed by atoms with Gasteiger partial charge in [-0.05, 0) is 103 Å². The fourth-order valence-electron chi connectivity index (χ4n) is 5.69. The third-order valence-corrected chi connectivity index (χ3v) is 10.3. The first-order valence-corrected chi connectivity index (χ1v) is 24.9. The molecule has 0 rings (SSSR count). The minimum absolute atomic E-state index is 0.0235. The molecule has 0 spiro atoms. The molecule has 346 valence electrons. The highest BCUT2D eigenvalue weighted by atomic mass is 31.2. The Balaban J connectivity index is 4.51. The second-order valence-electron chi connectivity index (χ2n) is 16.4. The number of amides is 1. The Kier molecular flexibility index (Phi) is 40.1. The molecule has 9 heteroatoms. The van der Waals surface area contributed by atoms with Crippen LogP contribution in [0.1, 0.15) is 149 Å². The lowest BCUT2D eigenvalue weighted by Crippen LogP contribution is -2.45. The fraction of sp³-hybridized carbons (Fsp3) is 0.596. The third kappa shape index (κ3) is 44.8. The molecule has 0 aromatic heterocycles. The maximum atomic E-state index is 12.9. The molecule has 0 heterocycles. The number of aliphatic hydroxyl groups is 1. The summed E-state index contributed by atoms with van der Waals surface area (Å²) in [5.41, 5.74) is 0. The number of hydrogen-bond acceptors (Lipinski definition) is 6. The van der Waals surface area contributed by atoms with Gasteiger partial charge in [-0.3, -0.25) is 9.36 Å². The van der Waals surface area contributed by atoms with Gasteiger partial charge in [0.15, 0.2) is 0 Å². The number of allylic oxidation sites excluding steroid dienone is 19. The minimum Gasteiger partial charge on any atom is -0.756 e. The number of carbonyl (C=O) groups is 1. The van der Waals surface area contributed by atoms with Crippen molar-refractivity contribution in [1.29, 1.82) is 0 Å². The molecule has 0 saturated heterocycles. The molecule has 0 saturated carbocycles. The molecular weight excluding hydrogens is 780 g/mol. The van der Waals surface area contributed by atoms with Gasteiger partial charge in [-0.1, -0.05) is 161 Å². The van der Waals surface area contributed by atoms with Gasteiger partial charge < -0.3 is 28.8 Å². The number of rotatable bonds is 40. The lowest BCUT2D eigenvalue weighted by Gasteiger charge is -2.29. The normalized spacial score (nSPS) is 15.3. The van der Waals surface area contributed by atoms with Crippen molar-refractivity contribution in [3.8, 4) is 0 Å². The maximum absolute atomic E-state index is 12.9. The first-order chi connectivity index (χ1) is 29.5. The van der Waals surface area contributed by atoms with Crippen LogP contribution in [0.15, 0.2) is 122 Å². The van der Waals surface area contributed by atoms with Crippen molar-refractivity contribution in [3.05, 3.63) is 122 Å². The van der Waals surface area contributed by atoms with Crippen LogP contribution in [0.25, 0.3) is 0 Å². The van der Waals surface area contributed by atoms with Crippen LogP contribution in [0.3, 0.4) is 0 Å². The monoisotopic (exact) mass is 867 g/mol. The van der Waals surface area contributed by atoms with Gasteiger partial charge in [-0.25, -0.2) is 0 Å². The van der Waals surface area contributed by atoms with Gasteiger partial charge in [0.1, 0.15) is 13.2 Å². The second kappa shape index (κ2) is 42.2. The zero-order valence-corrected chi connectivity index (χ0v) is 39.9. The van der Waals surface area contributed by atoms with E-state index in [-0.39, 0.29) is 18.9 Å². The standard InChI is InChI=1S/C52H87N2O6P/c1-6-8-10-12-14-16-18-20-22-23-24-25-26-27-28-29-30-31-32-34-36-38-40-42-44-46-52(56)53-50(49-60-61(57,58)59-48-47-54(3,4)5)51(55)45-43-41-39-37-35-33-21-19-17-15-13-11-9-7-2/h8,10,14,16-17,19-20,22,24-25,27-28,30-31,34-37,43,45,50-51,55H,6-7,9,11-13,15,18,21,23,26,29,32-33,38-42,44,46-49H2,1-5H3,(H-,53,56,57,58)/b10-8-,16-14-,19-17+,22-20-,25-24-,28-27-,31-30-,36-34-,37-35+,45-43+. The van der Waals surface area contributed by atoms with Crippen molar-refractivity contribution in [3.63, 3.8) is 0 Å². The van der Waals surface area contributed by atoms with Crippen molar-refractivity contribution < 1.29 is 32.9 Å². The van der Waals surface area contributed by atoms with Gasteiger partial charge in [0.05, 0.1) is 39.9 Å². The highest BCUT2D eigenvalue weighted by molar-refractivity contribution is 7.45. The van der Waals surface area contributed by atoms with E-state index in [2.05, 4.69) is 129 Å². The largest absolute Gasteiger partial charge is 0.756 e. The van der Waals surface area contributed by atoms with Gasteiger partial charge in [0.25, 0.3) is 7.82 Å². The summed E-state index contributed by atoms with van der Waals surface area (Å²) in [5.74, 6) is -0.251. The Morgan fingerprint density at radius 2 is 1.02 bits per heavy atom. The van der Waals surface area contributed by atoms with E-state index in [0.29, 0.717) is 23.9 Å². The van der Waals surface area contributed by atoms with Crippen molar-refractivity contribution in [2.45, 2.75) is 161 Å². The number of aliphatic hydroxyl groups excluding tert-OH is 1. The molecule has 0 aliphatic rings. The molecule has 0 aliphatic carbocycles. The van der Waals surface area contributed by atoms with E-state index in [1.54, 1.807) is 6.08 Å². The molecule has 0 radical (unpaired) electrons. The smallest absolute Gasteiger partial charge is 0.268 e. The lowest BCUT2D eigenvalue weighted by molar-refractivity contribution is -0.870. The summed E-state index contributed by atoms with van der Waals surface area (Å²) >= 11 is 0. The first-order valence-electron chi connectivity index (χ1n) is 23.4. The maximum Gasteiger partial charge on any atom is 0.268 e. The van der Waals surface area contributed by atoms with Crippen molar-refractivity contribution in [2.24, 2.45) is 0 Å². The molecule has 3 atom stereocenters. The van der Waals surface area contributed by atoms with Crippen LogP contribution >= 0.6 is 7.82 Å². The Morgan fingerprint density at radius 1 is 0.590 bits per heavy atom. The Bertz CT molecular complexity index is 1400. The molecule has 0 aromatic rings. The fourth-order valence-corrected chi connectivity index (χ4v) is 6.41. The van der Waals surface area contributed by atoms with Gasteiger partial charge in [0, 0.05) is 6.42 Å². The zero-order chi connectivity index (χ0) is 45.0. The number of nitrogens with zero attached hydrogens (tertiary/aromatic N) is 1. The summed E-state index contributed by atoms with van der Waals surface area (Å²) in [6.45, 7) is 4.41. The van der Waals surface area contributed by atoms with E-state index >= 15 is 0 Å². The summed E-state index contributed by atoms with van der Waals surface area (Å²) in [6.07, 6.45) is 62.5. The average Bonchev–Trinajstić information content (AvgIpc) is 3.21. The third-order valence-electron chi connectivity index (χ3n) is 9.38. The second-order valence-corrected chi connectivity index (χ2v) is 17.8. The zero-order valence-electron chi connectivity index (χ0n) is 39.1. The van der Waals surface area contributed by atoms with Crippen LogP contribution in [-0.2, 0) is 18.4 Å². The van der Waals surface area contributed by atoms with Crippen molar-refractivity contribution in [2.75, 3.05) is 40.9 Å². The summed E-state index contributed by atoms with van der Waals surface area (Å²) in [4.78, 5) is 25.3. The van der Waals surface area contributed by atoms with Gasteiger partial charge in [0.2, 0.25) is 5.91 Å². The van der Waals surface area contributed by atoms with E-state index in [9.17, 15) is 19.4 Å². The van der Waals surface area contributed by atoms with Crippen LogP contribution in [-0.4, -0.2) is 68.5 Å². The van der Waals surface area contributed by atoms with Crippen LogP contribution in [0.5, 0.6) is 0 Å². The van der Waals surface area contributed by atoms with E-state index in [1.807, 2.05) is 27.2 Å². The number of hydrogen-bond donors (Lipinski definition) is 2. The number of phosphoric ester groups is 1. The molecule has 1 amide bonds. The predicted octanol–water partition coefficient (Wildman–Crippen LogP) is 12.8. The molecule has 0 aromatic carbocycles. The molecule has 8 nitrogen and oxygen atoms in total. The Morgan fingerprint density at radius 3 is 1.49 bits per heavy atom. The lowest BCUT2D eigenvalue weighted by atomic mass is 10.1. The van der Waals surface area contributed by atoms with E-state index < -0.39 is 26.6 Å². The number of carbonyl (C=O) groups excluding carboxylic acids is 1. The van der Waals surface area contributed by atoms with Crippen LogP contribution in [0.2, 0.25) is 0 Å². The number of likely N-dealkylation sites (N-methyl/N-ethyl adjacent to an activating group) is 1. The highest BCUT2D eigenvalue weighted by Gasteiger charge is 2.23. The van der Waals surface area contributed by atoms with E-state index in [0.717, 1.165) is 89.9 Å². The van der Waals surface area contributed by atoms with Gasteiger partial charge >= 0.3 is 0 Å². The van der Waals surface area contributed by atoms with Gasteiger partial charge in [-0.15, -0.1) is 0 Å². The Hall–Kier alpha value is -3.10. The summed E-state index contributed by atoms with van der Waals surface area (Å²) < 4.78 is 23.2. The SMILES string of the molecule is CC/C=C\C/C=C\C/C=C\C/C=C\C/C=C\C/C=C\C/C=C\CCCCCC(=O)NC(COP(=O)([O-])OCC[N+](C)(C)C)C(O)/C=C/CC/C=C/CC/C=C/CCCCCC. The molecule has 3 unspecified atom stereocenters. The number of quaternary nitrogens is 1. The van der Waals surface area contributed by atoms with Crippen LogP contribution in [0.4, 0.5) is 0 Å². The predicted molar refractivity (Wildman–Crippen MR) is 260 cm³/mol. The number of unbranched alkanes of at least 4 members (excludes halogenated alkanes) is 9. The van der Waals surface area contributed by atoms with Crippen LogP contribution in [0, 0.1) is 0 Å². The van der Waals surface area contributed by atoms with Crippen molar-refractivity contribution >= 4 is 13.7 Å². The molecule has 0 aliphatic heterocycles. The van der Waals surface area contributed by atoms with E-state index in [1.165, 1.54) is 25.7 Å². The van der Waals surface area contributed by atoms with E-state index in [4.69, 9.17) is 9.05 Å². The summed E-state index contributed by atoms with van der Waals surface area (Å²) in [6, 6.07) is -0.936. The Labute approximate surface area is 374 Å². The number of nitrogens with one attached hydrogen (secondary N) is 1. The summed E-state index contributed by atoms with van der Waals surface area (Å²) in [7, 11) is 1.19. The quantitative estimate of drug-likeness (QED) is 0.0275. The molecule has 2 N–H and O–H groups in total. The number of phosphoric acid groups is 1. The van der Waals surface area contributed by atoms with Crippen molar-refractivity contribution in [1.82, 2.24) is 5.32 Å². The molecule has 61 heavy (non-hydrogen) atoms. The minimum atomic E-state index is -4.62. The molecular formula is C52H87N2O6P. The summed E-state index contributed by atoms with van der Waals surface area (Å²) in [5, 5.41) is 13.7. The molecule has 0 fully saturated rings. The van der Waals surface area contributed by atoms with Crippen LogP contribution < -0.4 is 10.2 Å². The molecule has 0 bridgehead atoms. The average molecular weight is 867 g/mol. The highest BCUT2D eigenvalue weighted by Crippen LogP contribution is 2.38. The topological polar surface area (TPSA) is 108 Å². The first kappa shape index (κ1) is 57.9. The van der Waals surface area contributed by atoms with Gasteiger partial charge in [-0.2, -0.15) is 0 Å².